The second-order valence-electron chi connectivity index (χ2n) is 4.31. The number of nitrogens with one attached hydrogen (secondary N) is 1. The fourth-order valence-electron chi connectivity index (χ4n) is 2.07. The van der Waals surface area contributed by atoms with Crippen LogP contribution in [0.2, 0.25) is 0 Å². The average Bonchev–Trinajstić information content (AvgIpc) is 2.65. The number of carbonyl (C=O) groups excluding carboxylic acids is 1. The van der Waals surface area contributed by atoms with Crippen molar-refractivity contribution in [1.29, 1.82) is 0 Å². The fraction of sp³-hybridized carbons (Fsp3) is 0.900. The number of aliphatic hydroxyl groups excluding tert-OH is 1. The Bertz CT molecular complexity index is 359. The second-order valence-corrected chi connectivity index (χ2v) is 6.03. The Morgan fingerprint density at radius 2 is 2.00 bits per heavy atom. The molecule has 7 heteroatoms. The van der Waals surface area contributed by atoms with E-state index in [1.165, 1.54) is 0 Å². The zero-order chi connectivity index (χ0) is 12.9. The first kappa shape index (κ1) is 14.4. The molecule has 1 rings (SSSR count). The number of hydrogen-bond acceptors (Lipinski definition) is 5. The highest BCUT2D eigenvalue weighted by Gasteiger charge is 2.37. The predicted molar refractivity (Wildman–Crippen MR) is 61.8 cm³/mol. The van der Waals surface area contributed by atoms with E-state index < -0.39 is 27.3 Å². The summed E-state index contributed by atoms with van der Waals surface area (Å²) >= 11 is 0. The molecule has 6 nitrogen and oxygen atoms in total. The van der Waals surface area contributed by atoms with Gasteiger partial charge in [0.15, 0.2) is 5.75 Å². The van der Waals surface area contributed by atoms with Gasteiger partial charge in [0.25, 0.3) is 0 Å². The summed E-state index contributed by atoms with van der Waals surface area (Å²) in [5.41, 5.74) is -0.786. The van der Waals surface area contributed by atoms with Gasteiger partial charge in [-0.25, -0.2) is 13.1 Å². The van der Waals surface area contributed by atoms with Gasteiger partial charge in [-0.15, -0.1) is 0 Å². The van der Waals surface area contributed by atoms with E-state index in [0.29, 0.717) is 12.8 Å². The Balaban J connectivity index is 2.62. The van der Waals surface area contributed by atoms with E-state index in [-0.39, 0.29) is 13.2 Å². The van der Waals surface area contributed by atoms with Crippen LogP contribution in [-0.4, -0.2) is 44.0 Å². The molecule has 0 aromatic carbocycles. The number of hydrogen-bond donors (Lipinski definition) is 2. The van der Waals surface area contributed by atoms with E-state index in [0.717, 1.165) is 12.8 Å². The van der Waals surface area contributed by atoms with Crippen LogP contribution in [0.15, 0.2) is 0 Å². The zero-order valence-corrected chi connectivity index (χ0v) is 10.8. The molecule has 1 aliphatic rings. The number of carbonyl (C=O) groups is 1. The minimum absolute atomic E-state index is 0.152. The molecule has 0 saturated heterocycles. The Hall–Kier alpha value is -0.660. The number of aliphatic hydroxyl groups is 1. The van der Waals surface area contributed by atoms with E-state index in [4.69, 9.17) is 0 Å². The molecule has 2 N–H and O–H groups in total. The molecule has 0 heterocycles. The lowest BCUT2D eigenvalue weighted by atomic mass is 10.0. The molecule has 0 atom stereocenters. The molecule has 0 aromatic heterocycles. The van der Waals surface area contributed by atoms with Gasteiger partial charge in [-0.05, 0) is 19.8 Å². The van der Waals surface area contributed by atoms with Crippen LogP contribution in [0.25, 0.3) is 0 Å². The zero-order valence-electron chi connectivity index (χ0n) is 9.94. The largest absolute Gasteiger partial charge is 0.465 e. The smallest absolute Gasteiger partial charge is 0.322 e. The number of rotatable bonds is 6. The Labute approximate surface area is 101 Å². The Kier molecular flexibility index (Phi) is 4.91. The molecule has 1 saturated carbocycles. The van der Waals surface area contributed by atoms with Crippen molar-refractivity contribution in [3.8, 4) is 0 Å². The molecule has 0 unspecified atom stereocenters. The number of sulfonamides is 1. The topological polar surface area (TPSA) is 92.7 Å². The molecule has 0 amide bonds. The van der Waals surface area contributed by atoms with Crippen molar-refractivity contribution in [2.75, 3.05) is 19.0 Å². The van der Waals surface area contributed by atoms with Crippen molar-refractivity contribution < 1.29 is 23.1 Å². The van der Waals surface area contributed by atoms with Gasteiger partial charge in [-0.3, -0.25) is 4.79 Å². The first-order valence-corrected chi connectivity index (χ1v) is 7.36. The van der Waals surface area contributed by atoms with Gasteiger partial charge in [0, 0.05) is 0 Å². The summed E-state index contributed by atoms with van der Waals surface area (Å²) < 4.78 is 30.4. The van der Waals surface area contributed by atoms with Crippen LogP contribution in [0, 0.1) is 0 Å². The molecule has 1 fully saturated rings. The lowest BCUT2D eigenvalue weighted by Gasteiger charge is -2.27. The molecular formula is C10H19NO5S. The van der Waals surface area contributed by atoms with Crippen LogP contribution in [0.1, 0.15) is 32.6 Å². The third-order valence-corrected chi connectivity index (χ3v) is 4.21. The average molecular weight is 265 g/mol. The third kappa shape index (κ3) is 4.25. The van der Waals surface area contributed by atoms with Gasteiger partial charge in [-0.1, -0.05) is 12.8 Å². The summed E-state index contributed by atoms with van der Waals surface area (Å²) in [4.78, 5) is 11.1. The molecule has 0 spiro atoms. The van der Waals surface area contributed by atoms with Crippen LogP contribution in [0.3, 0.4) is 0 Å². The lowest BCUT2D eigenvalue weighted by Crippen LogP contribution is -2.50. The van der Waals surface area contributed by atoms with E-state index in [1.807, 2.05) is 0 Å². The first-order valence-electron chi connectivity index (χ1n) is 5.71. The lowest BCUT2D eigenvalue weighted by molar-refractivity contribution is -0.139. The van der Waals surface area contributed by atoms with Gasteiger partial charge in [-0.2, -0.15) is 0 Å². The van der Waals surface area contributed by atoms with Gasteiger partial charge >= 0.3 is 5.97 Å². The fourth-order valence-corrected chi connectivity index (χ4v) is 3.46. The van der Waals surface area contributed by atoms with Gasteiger partial charge in [0.1, 0.15) is 0 Å². The minimum Gasteiger partial charge on any atom is -0.465 e. The third-order valence-electron chi connectivity index (χ3n) is 2.85. The summed E-state index contributed by atoms with van der Waals surface area (Å²) in [7, 11) is -3.74. The summed E-state index contributed by atoms with van der Waals surface area (Å²) in [5.74, 6) is -1.46. The molecule has 0 aliphatic heterocycles. The summed E-state index contributed by atoms with van der Waals surface area (Å²) in [6.07, 6.45) is 2.96. The molecule has 0 aromatic rings. The van der Waals surface area contributed by atoms with Crippen molar-refractivity contribution in [2.24, 2.45) is 0 Å². The highest BCUT2D eigenvalue weighted by atomic mass is 32.2. The van der Waals surface area contributed by atoms with Gasteiger partial charge < -0.3 is 9.84 Å². The summed E-state index contributed by atoms with van der Waals surface area (Å²) in [5, 5.41) is 9.27. The monoisotopic (exact) mass is 265 g/mol. The number of ether oxygens (including phenoxy) is 1. The second kappa shape index (κ2) is 5.79. The van der Waals surface area contributed by atoms with Crippen LogP contribution in [0.4, 0.5) is 0 Å². The van der Waals surface area contributed by atoms with Crippen LogP contribution in [0.5, 0.6) is 0 Å². The van der Waals surface area contributed by atoms with Crippen molar-refractivity contribution >= 4 is 16.0 Å². The predicted octanol–water partition coefficient (Wildman–Crippen LogP) is -0.226. The van der Waals surface area contributed by atoms with Crippen LogP contribution in [-0.2, 0) is 19.6 Å². The quantitative estimate of drug-likeness (QED) is 0.647. The summed E-state index contributed by atoms with van der Waals surface area (Å²) in [6.45, 7) is 1.53. The maximum atomic E-state index is 11.7. The van der Waals surface area contributed by atoms with Gasteiger partial charge in [0.05, 0.1) is 18.8 Å². The molecule has 100 valence electrons. The van der Waals surface area contributed by atoms with Crippen molar-refractivity contribution in [1.82, 2.24) is 4.72 Å². The number of esters is 1. The van der Waals surface area contributed by atoms with Crippen molar-refractivity contribution in [3.63, 3.8) is 0 Å². The molecule has 17 heavy (non-hydrogen) atoms. The molecule has 0 radical (unpaired) electrons. The van der Waals surface area contributed by atoms with Crippen LogP contribution < -0.4 is 4.72 Å². The molecule has 1 aliphatic carbocycles. The summed E-state index contributed by atoms with van der Waals surface area (Å²) in [6, 6.07) is 0. The van der Waals surface area contributed by atoms with Gasteiger partial charge in [0.2, 0.25) is 10.0 Å². The molecular weight excluding hydrogens is 246 g/mol. The SMILES string of the molecule is CCOC(=O)CS(=O)(=O)NC1(CO)CCCC1. The highest BCUT2D eigenvalue weighted by Crippen LogP contribution is 2.29. The first-order chi connectivity index (χ1) is 7.93. The maximum Gasteiger partial charge on any atom is 0.322 e. The molecule has 0 bridgehead atoms. The highest BCUT2D eigenvalue weighted by molar-refractivity contribution is 7.90. The Morgan fingerprint density at radius 1 is 1.41 bits per heavy atom. The Morgan fingerprint density at radius 3 is 2.47 bits per heavy atom. The van der Waals surface area contributed by atoms with Crippen LogP contribution >= 0.6 is 0 Å². The van der Waals surface area contributed by atoms with Crippen molar-refractivity contribution in [3.05, 3.63) is 0 Å². The normalized spacial score (nSPS) is 19.2. The van der Waals surface area contributed by atoms with E-state index in [9.17, 15) is 18.3 Å². The van der Waals surface area contributed by atoms with E-state index in [1.54, 1.807) is 6.92 Å². The standard InChI is InChI=1S/C10H19NO5S/c1-2-16-9(13)7-17(14,15)11-10(8-12)5-3-4-6-10/h11-12H,2-8H2,1H3. The maximum absolute atomic E-state index is 11.7. The van der Waals surface area contributed by atoms with E-state index in [2.05, 4.69) is 9.46 Å². The minimum atomic E-state index is -3.74. The van der Waals surface area contributed by atoms with Crippen molar-refractivity contribution in [2.45, 2.75) is 38.1 Å². The van der Waals surface area contributed by atoms with E-state index >= 15 is 0 Å².